The maximum absolute atomic E-state index is 11.6. The van der Waals surface area contributed by atoms with Crippen LogP contribution in [0.4, 0.5) is 4.79 Å². The van der Waals surface area contributed by atoms with Crippen molar-refractivity contribution in [2.45, 2.75) is 25.2 Å². The van der Waals surface area contributed by atoms with Gasteiger partial charge in [0.2, 0.25) is 0 Å². The Morgan fingerprint density at radius 2 is 1.65 bits per heavy atom. The van der Waals surface area contributed by atoms with E-state index in [-0.39, 0.29) is 30.7 Å². The fourth-order valence-corrected chi connectivity index (χ4v) is 2.41. The molecule has 0 heterocycles. The zero-order valence-electron chi connectivity index (χ0n) is 14.0. The van der Waals surface area contributed by atoms with Crippen molar-refractivity contribution in [3.63, 3.8) is 0 Å². The highest BCUT2D eigenvalue weighted by Crippen LogP contribution is 2.22. The third-order valence-corrected chi connectivity index (χ3v) is 3.80. The molecular formula is C19H21NO6. The first-order valence-corrected chi connectivity index (χ1v) is 8.12. The van der Waals surface area contributed by atoms with Crippen molar-refractivity contribution in [1.82, 2.24) is 5.32 Å². The standard InChI is InChI=1S/C19H21NO6/c21-16(17(22)14-8-4-5-9-15(14)18(23)24)10-11-20-19(25)26-12-13-6-2-1-3-7-13/h1-9,16-17,21-22H,10-12H2,(H,20,25)(H,23,24). The number of alkyl carbamates (subject to hydrolysis) is 1. The van der Waals surface area contributed by atoms with Gasteiger partial charge in [-0.3, -0.25) is 0 Å². The first-order valence-electron chi connectivity index (χ1n) is 8.12. The molecule has 4 N–H and O–H groups in total. The van der Waals surface area contributed by atoms with Gasteiger partial charge in [0, 0.05) is 6.54 Å². The van der Waals surface area contributed by atoms with E-state index >= 15 is 0 Å². The number of amides is 1. The van der Waals surface area contributed by atoms with Gasteiger partial charge in [-0.1, -0.05) is 48.5 Å². The van der Waals surface area contributed by atoms with Crippen molar-refractivity contribution >= 4 is 12.1 Å². The first kappa shape index (κ1) is 19.4. The van der Waals surface area contributed by atoms with Crippen molar-refractivity contribution in [1.29, 1.82) is 0 Å². The molecule has 0 saturated heterocycles. The van der Waals surface area contributed by atoms with Gasteiger partial charge in [0.25, 0.3) is 0 Å². The minimum absolute atomic E-state index is 0.0373. The zero-order chi connectivity index (χ0) is 18.9. The Labute approximate surface area is 150 Å². The second-order valence-corrected chi connectivity index (χ2v) is 5.68. The van der Waals surface area contributed by atoms with E-state index in [2.05, 4.69) is 5.32 Å². The van der Waals surface area contributed by atoms with Crippen molar-refractivity contribution in [3.8, 4) is 0 Å². The van der Waals surface area contributed by atoms with E-state index in [1.54, 1.807) is 6.07 Å². The van der Waals surface area contributed by atoms with Crippen LogP contribution < -0.4 is 5.32 Å². The number of aromatic carboxylic acids is 1. The number of benzene rings is 2. The van der Waals surface area contributed by atoms with Crippen LogP contribution in [0.15, 0.2) is 54.6 Å². The van der Waals surface area contributed by atoms with E-state index in [4.69, 9.17) is 9.84 Å². The third kappa shape index (κ3) is 5.58. The van der Waals surface area contributed by atoms with Gasteiger partial charge in [0.05, 0.1) is 11.7 Å². The van der Waals surface area contributed by atoms with Crippen LogP contribution in [-0.4, -0.2) is 40.0 Å². The Morgan fingerprint density at radius 3 is 2.35 bits per heavy atom. The highest BCUT2D eigenvalue weighted by atomic mass is 16.5. The number of carboxylic acid groups (broad SMARTS) is 1. The van der Waals surface area contributed by atoms with Gasteiger partial charge in [-0.15, -0.1) is 0 Å². The highest BCUT2D eigenvalue weighted by Gasteiger charge is 2.23. The number of aliphatic hydroxyl groups excluding tert-OH is 2. The molecule has 2 rings (SSSR count). The van der Waals surface area contributed by atoms with Gasteiger partial charge in [0.1, 0.15) is 12.7 Å². The molecule has 0 fully saturated rings. The largest absolute Gasteiger partial charge is 0.478 e. The smallest absolute Gasteiger partial charge is 0.407 e. The summed E-state index contributed by atoms with van der Waals surface area (Å²) in [5.74, 6) is -1.19. The summed E-state index contributed by atoms with van der Waals surface area (Å²) in [6.07, 6.45) is -3.20. The predicted molar refractivity (Wildman–Crippen MR) is 93.6 cm³/mol. The van der Waals surface area contributed by atoms with Crippen molar-refractivity contribution < 1.29 is 29.6 Å². The maximum atomic E-state index is 11.6. The molecule has 138 valence electrons. The molecule has 26 heavy (non-hydrogen) atoms. The number of ether oxygens (including phenoxy) is 1. The number of carbonyl (C=O) groups is 2. The third-order valence-electron chi connectivity index (χ3n) is 3.80. The molecule has 2 unspecified atom stereocenters. The van der Waals surface area contributed by atoms with Gasteiger partial charge in [0.15, 0.2) is 0 Å². The summed E-state index contributed by atoms with van der Waals surface area (Å²) in [5, 5.41) is 31.9. The number of carbonyl (C=O) groups excluding carboxylic acids is 1. The van der Waals surface area contributed by atoms with Crippen LogP contribution in [0.25, 0.3) is 0 Å². The molecule has 0 bridgehead atoms. The Balaban J connectivity index is 1.78. The Morgan fingerprint density at radius 1 is 1.00 bits per heavy atom. The van der Waals surface area contributed by atoms with Crippen LogP contribution in [0.1, 0.15) is 34.0 Å². The summed E-state index contributed by atoms with van der Waals surface area (Å²) in [4.78, 5) is 22.8. The minimum Gasteiger partial charge on any atom is -0.478 e. The Hall–Kier alpha value is -2.90. The Bertz CT molecular complexity index is 734. The molecule has 0 spiro atoms. The quantitative estimate of drug-likeness (QED) is 0.574. The molecule has 0 aliphatic carbocycles. The van der Waals surface area contributed by atoms with Crippen molar-refractivity contribution in [2.24, 2.45) is 0 Å². The zero-order valence-corrected chi connectivity index (χ0v) is 14.0. The molecule has 0 aliphatic rings. The predicted octanol–water partition coefficient (Wildman–Crippen LogP) is 2.10. The number of hydrogen-bond donors (Lipinski definition) is 4. The summed E-state index contributed by atoms with van der Waals surface area (Å²) in [6.45, 7) is 0.199. The second kappa shape index (κ2) is 9.55. The molecule has 2 aromatic carbocycles. The molecule has 2 aromatic rings. The van der Waals surface area contributed by atoms with Crippen molar-refractivity contribution in [2.75, 3.05) is 6.54 Å². The molecule has 7 nitrogen and oxygen atoms in total. The van der Waals surface area contributed by atoms with Crippen LogP contribution >= 0.6 is 0 Å². The summed E-state index contributed by atoms with van der Waals surface area (Å²) in [7, 11) is 0. The number of hydrogen-bond acceptors (Lipinski definition) is 5. The van der Waals surface area contributed by atoms with Crippen molar-refractivity contribution in [3.05, 3.63) is 71.3 Å². The first-order chi connectivity index (χ1) is 12.5. The fraction of sp³-hybridized carbons (Fsp3) is 0.263. The van der Waals surface area contributed by atoms with Crippen LogP contribution in [0.5, 0.6) is 0 Å². The van der Waals surface area contributed by atoms with Gasteiger partial charge in [-0.25, -0.2) is 9.59 Å². The van der Waals surface area contributed by atoms with Crippen LogP contribution in [0.2, 0.25) is 0 Å². The summed E-state index contributed by atoms with van der Waals surface area (Å²) in [5.41, 5.74) is 0.900. The van der Waals surface area contributed by atoms with Gasteiger partial charge in [-0.2, -0.15) is 0 Å². The molecule has 2 atom stereocenters. The van der Waals surface area contributed by atoms with E-state index in [1.807, 2.05) is 30.3 Å². The lowest BCUT2D eigenvalue weighted by molar-refractivity contribution is 0.0127. The molecule has 7 heteroatoms. The fourth-order valence-electron chi connectivity index (χ4n) is 2.41. The summed E-state index contributed by atoms with van der Waals surface area (Å²) >= 11 is 0. The second-order valence-electron chi connectivity index (χ2n) is 5.68. The molecule has 0 saturated carbocycles. The van der Waals surface area contributed by atoms with Gasteiger partial charge in [-0.05, 0) is 23.6 Å². The average Bonchev–Trinajstić information content (AvgIpc) is 2.66. The topological polar surface area (TPSA) is 116 Å². The molecule has 1 amide bonds. The van der Waals surface area contributed by atoms with Crippen LogP contribution in [0, 0.1) is 0 Å². The number of nitrogens with one attached hydrogen (secondary N) is 1. The number of carboxylic acids is 1. The summed E-state index contributed by atoms with van der Waals surface area (Å²) < 4.78 is 5.03. The van der Waals surface area contributed by atoms with Gasteiger partial charge >= 0.3 is 12.1 Å². The van der Waals surface area contributed by atoms with Crippen LogP contribution in [-0.2, 0) is 11.3 Å². The Kier molecular flexibility index (Phi) is 7.13. The van der Waals surface area contributed by atoms with E-state index in [0.29, 0.717) is 0 Å². The van der Waals surface area contributed by atoms with E-state index in [1.165, 1.54) is 18.2 Å². The number of rotatable bonds is 8. The lowest BCUT2D eigenvalue weighted by Crippen LogP contribution is -2.30. The van der Waals surface area contributed by atoms with E-state index < -0.39 is 24.3 Å². The van der Waals surface area contributed by atoms with E-state index in [0.717, 1.165) is 5.56 Å². The molecular weight excluding hydrogens is 338 g/mol. The number of aliphatic hydroxyl groups is 2. The van der Waals surface area contributed by atoms with E-state index in [9.17, 15) is 19.8 Å². The van der Waals surface area contributed by atoms with Gasteiger partial charge < -0.3 is 25.4 Å². The van der Waals surface area contributed by atoms with Crippen LogP contribution in [0.3, 0.4) is 0 Å². The molecule has 0 aromatic heterocycles. The average molecular weight is 359 g/mol. The lowest BCUT2D eigenvalue weighted by Gasteiger charge is -2.19. The molecule has 0 radical (unpaired) electrons. The summed E-state index contributed by atoms with van der Waals surface area (Å²) in [6, 6.07) is 15.1. The monoisotopic (exact) mass is 359 g/mol. The lowest BCUT2D eigenvalue weighted by atomic mass is 9.97. The highest BCUT2D eigenvalue weighted by molar-refractivity contribution is 5.89. The molecule has 0 aliphatic heterocycles. The normalized spacial score (nSPS) is 12.8. The maximum Gasteiger partial charge on any atom is 0.407 e. The minimum atomic E-state index is -1.37. The SMILES string of the molecule is O=C(NCCC(O)C(O)c1ccccc1C(=O)O)OCc1ccccc1.